The highest BCUT2D eigenvalue weighted by Gasteiger charge is 2.12. The second-order valence-corrected chi connectivity index (χ2v) is 5.83. The van der Waals surface area contributed by atoms with E-state index >= 15 is 0 Å². The Morgan fingerprint density at radius 2 is 1.44 bits per heavy atom. The van der Waals surface area contributed by atoms with Crippen LogP contribution in [0.25, 0.3) is 21.1 Å². The second-order valence-electron chi connectivity index (χ2n) is 3.93. The summed E-state index contributed by atoms with van der Waals surface area (Å²) in [7, 11) is 0. The molecule has 1 N–H and O–H groups in total. The SMILES string of the molecule is OCCn1c(-c2cccs2)ccc1-c1cccs1. The summed E-state index contributed by atoms with van der Waals surface area (Å²) in [5, 5.41) is 13.4. The molecule has 2 nitrogen and oxygen atoms in total. The Labute approximate surface area is 114 Å². The molecule has 0 unspecified atom stereocenters. The van der Waals surface area contributed by atoms with E-state index in [0.29, 0.717) is 6.54 Å². The summed E-state index contributed by atoms with van der Waals surface area (Å²) in [6, 6.07) is 12.6. The highest BCUT2D eigenvalue weighted by Crippen LogP contribution is 2.33. The van der Waals surface area contributed by atoms with Gasteiger partial charge in [0.15, 0.2) is 0 Å². The Balaban J connectivity index is 2.11. The summed E-state index contributed by atoms with van der Waals surface area (Å²) in [5.74, 6) is 0. The molecule has 3 aromatic heterocycles. The van der Waals surface area contributed by atoms with Crippen LogP contribution in [0.5, 0.6) is 0 Å². The summed E-state index contributed by atoms with van der Waals surface area (Å²) in [6.07, 6.45) is 0. The first-order valence-electron chi connectivity index (χ1n) is 5.78. The van der Waals surface area contributed by atoms with Gasteiger partial charge in [0.05, 0.1) is 27.7 Å². The van der Waals surface area contributed by atoms with Crippen LogP contribution in [0.3, 0.4) is 0 Å². The summed E-state index contributed by atoms with van der Waals surface area (Å²) in [5.41, 5.74) is 2.37. The Morgan fingerprint density at radius 3 is 1.83 bits per heavy atom. The van der Waals surface area contributed by atoms with Crippen LogP contribution in [-0.2, 0) is 6.54 Å². The van der Waals surface area contributed by atoms with Crippen molar-refractivity contribution in [1.29, 1.82) is 0 Å². The normalized spacial score (nSPS) is 10.9. The van der Waals surface area contributed by atoms with E-state index in [-0.39, 0.29) is 6.61 Å². The van der Waals surface area contributed by atoms with Gasteiger partial charge in [-0.25, -0.2) is 0 Å². The zero-order valence-electron chi connectivity index (χ0n) is 9.74. The first-order valence-corrected chi connectivity index (χ1v) is 7.54. The average Bonchev–Trinajstić information content (AvgIpc) is 3.10. The lowest BCUT2D eigenvalue weighted by Crippen LogP contribution is -2.04. The van der Waals surface area contributed by atoms with Gasteiger partial charge in [-0.2, -0.15) is 0 Å². The highest BCUT2D eigenvalue weighted by molar-refractivity contribution is 7.14. The molecule has 0 aliphatic heterocycles. The number of aliphatic hydroxyl groups is 1. The molecule has 92 valence electrons. The Hall–Kier alpha value is -1.36. The molecule has 4 heteroatoms. The Bertz CT molecular complexity index is 557. The van der Waals surface area contributed by atoms with E-state index in [1.165, 1.54) is 21.1 Å². The minimum absolute atomic E-state index is 0.158. The van der Waals surface area contributed by atoms with Crippen molar-refractivity contribution in [2.24, 2.45) is 0 Å². The predicted molar refractivity (Wildman–Crippen MR) is 78.1 cm³/mol. The lowest BCUT2D eigenvalue weighted by molar-refractivity contribution is 0.277. The zero-order chi connectivity index (χ0) is 12.4. The smallest absolute Gasteiger partial charge is 0.0610 e. The van der Waals surface area contributed by atoms with Crippen molar-refractivity contribution in [3.8, 4) is 21.1 Å². The molecule has 0 spiro atoms. The fourth-order valence-electron chi connectivity index (χ4n) is 2.09. The van der Waals surface area contributed by atoms with Gasteiger partial charge >= 0.3 is 0 Å². The van der Waals surface area contributed by atoms with E-state index in [1.54, 1.807) is 22.7 Å². The van der Waals surface area contributed by atoms with Gasteiger partial charge < -0.3 is 9.67 Å². The Morgan fingerprint density at radius 1 is 0.889 bits per heavy atom. The maximum Gasteiger partial charge on any atom is 0.0610 e. The molecule has 0 atom stereocenters. The molecular weight excluding hydrogens is 262 g/mol. The maximum atomic E-state index is 9.27. The third-order valence-electron chi connectivity index (χ3n) is 2.85. The molecule has 0 saturated heterocycles. The molecular formula is C14H13NOS2. The summed E-state index contributed by atoms with van der Waals surface area (Å²) < 4.78 is 2.19. The summed E-state index contributed by atoms with van der Waals surface area (Å²) in [4.78, 5) is 2.48. The van der Waals surface area contributed by atoms with Crippen LogP contribution in [0, 0.1) is 0 Å². The molecule has 0 radical (unpaired) electrons. The fourth-order valence-corrected chi connectivity index (χ4v) is 3.61. The monoisotopic (exact) mass is 275 g/mol. The minimum Gasteiger partial charge on any atom is -0.395 e. The second kappa shape index (κ2) is 5.10. The first-order chi connectivity index (χ1) is 8.90. The molecule has 0 aliphatic carbocycles. The van der Waals surface area contributed by atoms with Crippen molar-refractivity contribution < 1.29 is 5.11 Å². The third-order valence-corrected chi connectivity index (χ3v) is 4.64. The molecule has 0 saturated carbocycles. The number of thiophene rings is 2. The van der Waals surface area contributed by atoms with Crippen molar-refractivity contribution >= 4 is 22.7 Å². The average molecular weight is 275 g/mol. The van der Waals surface area contributed by atoms with Gasteiger partial charge in [0.2, 0.25) is 0 Å². The van der Waals surface area contributed by atoms with Crippen LogP contribution < -0.4 is 0 Å². The standard InChI is InChI=1S/C14H13NOS2/c16-8-7-15-11(13-3-1-9-17-13)5-6-12(15)14-4-2-10-18-14/h1-6,9-10,16H,7-8H2. The maximum absolute atomic E-state index is 9.27. The van der Waals surface area contributed by atoms with Gasteiger partial charge in [0.1, 0.15) is 0 Å². The molecule has 3 aromatic rings. The van der Waals surface area contributed by atoms with Crippen LogP contribution in [0.4, 0.5) is 0 Å². The number of hydrogen-bond acceptors (Lipinski definition) is 3. The zero-order valence-corrected chi connectivity index (χ0v) is 11.4. The third kappa shape index (κ3) is 2.03. The van der Waals surface area contributed by atoms with Crippen LogP contribution in [-0.4, -0.2) is 16.3 Å². The number of aliphatic hydroxyl groups excluding tert-OH is 1. The molecule has 0 amide bonds. The number of hydrogen-bond donors (Lipinski definition) is 1. The van der Waals surface area contributed by atoms with Crippen molar-refractivity contribution in [3.63, 3.8) is 0 Å². The van der Waals surface area contributed by atoms with Crippen LogP contribution in [0.15, 0.2) is 47.2 Å². The van der Waals surface area contributed by atoms with Gasteiger partial charge in [-0.05, 0) is 35.0 Å². The van der Waals surface area contributed by atoms with E-state index in [9.17, 15) is 5.11 Å². The molecule has 3 heterocycles. The van der Waals surface area contributed by atoms with E-state index in [4.69, 9.17) is 0 Å². The number of nitrogens with zero attached hydrogens (tertiary/aromatic N) is 1. The van der Waals surface area contributed by atoms with E-state index < -0.39 is 0 Å². The van der Waals surface area contributed by atoms with Crippen LogP contribution >= 0.6 is 22.7 Å². The van der Waals surface area contributed by atoms with Gasteiger partial charge in [-0.1, -0.05) is 12.1 Å². The largest absolute Gasteiger partial charge is 0.395 e. The predicted octanol–water partition coefficient (Wildman–Crippen LogP) is 3.94. The number of aromatic nitrogens is 1. The van der Waals surface area contributed by atoms with Crippen molar-refractivity contribution in [1.82, 2.24) is 4.57 Å². The molecule has 3 rings (SSSR count). The van der Waals surface area contributed by atoms with Crippen LogP contribution in [0.2, 0.25) is 0 Å². The lowest BCUT2D eigenvalue weighted by atomic mass is 10.3. The lowest BCUT2D eigenvalue weighted by Gasteiger charge is -2.10. The van der Waals surface area contributed by atoms with Gasteiger partial charge in [-0.15, -0.1) is 22.7 Å². The van der Waals surface area contributed by atoms with Crippen molar-refractivity contribution in [2.45, 2.75) is 6.54 Å². The van der Waals surface area contributed by atoms with E-state index in [0.717, 1.165) is 0 Å². The highest BCUT2D eigenvalue weighted by atomic mass is 32.1. The van der Waals surface area contributed by atoms with Crippen LogP contribution in [0.1, 0.15) is 0 Å². The van der Waals surface area contributed by atoms with E-state index in [2.05, 4.69) is 51.7 Å². The molecule has 0 aliphatic rings. The molecule has 18 heavy (non-hydrogen) atoms. The molecule has 0 aromatic carbocycles. The summed E-state index contributed by atoms with van der Waals surface area (Å²) >= 11 is 3.46. The summed E-state index contributed by atoms with van der Waals surface area (Å²) in [6.45, 7) is 0.791. The quantitative estimate of drug-likeness (QED) is 0.766. The fraction of sp³-hybridized carbons (Fsp3) is 0.143. The van der Waals surface area contributed by atoms with Gasteiger partial charge in [0.25, 0.3) is 0 Å². The van der Waals surface area contributed by atoms with Gasteiger partial charge in [-0.3, -0.25) is 0 Å². The van der Waals surface area contributed by atoms with E-state index in [1.807, 2.05) is 0 Å². The topological polar surface area (TPSA) is 25.2 Å². The van der Waals surface area contributed by atoms with Crippen molar-refractivity contribution in [3.05, 3.63) is 47.2 Å². The minimum atomic E-state index is 0.158. The van der Waals surface area contributed by atoms with Crippen molar-refractivity contribution in [2.75, 3.05) is 6.61 Å². The molecule has 0 bridgehead atoms. The first kappa shape index (κ1) is 11.7. The van der Waals surface area contributed by atoms with Gasteiger partial charge in [0, 0.05) is 6.54 Å². The molecule has 0 fully saturated rings. The Kier molecular flexibility index (Phi) is 3.32. The number of rotatable bonds is 4.